The molecule has 4 nitrogen and oxygen atoms in total. The van der Waals surface area contributed by atoms with Crippen molar-refractivity contribution in [2.24, 2.45) is 17.1 Å². The third kappa shape index (κ3) is 2.59. The number of carbonyl (C=O) groups is 2. The summed E-state index contributed by atoms with van der Waals surface area (Å²) in [4.78, 5) is 26.0. The van der Waals surface area contributed by atoms with E-state index in [4.69, 9.17) is 5.73 Å². The van der Waals surface area contributed by atoms with E-state index in [0.717, 1.165) is 12.0 Å². The first-order chi connectivity index (χ1) is 9.61. The van der Waals surface area contributed by atoms with Crippen molar-refractivity contribution >= 4 is 23.2 Å². The second-order valence-corrected chi connectivity index (χ2v) is 6.88. The van der Waals surface area contributed by atoms with E-state index in [1.807, 2.05) is 21.7 Å². The number of nitrogens with zero attached hydrogens (tertiary/aromatic N) is 1. The zero-order chi connectivity index (χ0) is 14.2. The molecule has 0 radical (unpaired) electrons. The molecule has 0 spiro atoms. The number of rotatable bonds is 4. The third-order valence-corrected chi connectivity index (χ3v) is 5.36. The van der Waals surface area contributed by atoms with Crippen LogP contribution in [0, 0.1) is 11.3 Å². The SMILES string of the molecule is NC(=O)C1(CC2CC2)CCN(C(=O)c2ccsc2)CC1. The third-order valence-electron chi connectivity index (χ3n) is 4.67. The Bertz CT molecular complexity index is 500. The Labute approximate surface area is 122 Å². The molecule has 1 aromatic rings. The predicted molar refractivity (Wildman–Crippen MR) is 78.4 cm³/mol. The summed E-state index contributed by atoms with van der Waals surface area (Å²) in [5.41, 5.74) is 6.04. The van der Waals surface area contributed by atoms with E-state index in [0.29, 0.717) is 31.8 Å². The number of amides is 2. The summed E-state index contributed by atoms with van der Waals surface area (Å²) in [6.45, 7) is 1.29. The minimum atomic E-state index is -0.368. The summed E-state index contributed by atoms with van der Waals surface area (Å²) in [5, 5.41) is 3.79. The van der Waals surface area contributed by atoms with Gasteiger partial charge in [0.2, 0.25) is 5.91 Å². The Balaban J connectivity index is 1.65. The minimum absolute atomic E-state index is 0.0794. The van der Waals surface area contributed by atoms with E-state index in [9.17, 15) is 9.59 Å². The van der Waals surface area contributed by atoms with Gasteiger partial charge in [-0.15, -0.1) is 0 Å². The van der Waals surface area contributed by atoms with Crippen LogP contribution in [0.2, 0.25) is 0 Å². The molecule has 0 atom stereocenters. The molecule has 0 unspecified atom stereocenters. The molecule has 2 N–H and O–H groups in total. The molecular weight excluding hydrogens is 272 g/mol. The van der Waals surface area contributed by atoms with Crippen LogP contribution < -0.4 is 5.73 Å². The Kier molecular flexibility index (Phi) is 3.54. The molecule has 0 aromatic carbocycles. The molecule has 1 saturated carbocycles. The molecule has 108 valence electrons. The van der Waals surface area contributed by atoms with E-state index in [1.165, 1.54) is 24.2 Å². The molecule has 1 aliphatic heterocycles. The van der Waals surface area contributed by atoms with Crippen LogP contribution in [0.1, 0.15) is 42.5 Å². The summed E-state index contributed by atoms with van der Waals surface area (Å²) >= 11 is 1.53. The first-order valence-electron chi connectivity index (χ1n) is 7.22. The Morgan fingerprint density at radius 3 is 2.55 bits per heavy atom. The number of thiophene rings is 1. The lowest BCUT2D eigenvalue weighted by Gasteiger charge is -2.39. The fraction of sp³-hybridized carbons (Fsp3) is 0.600. The molecule has 20 heavy (non-hydrogen) atoms. The largest absolute Gasteiger partial charge is 0.369 e. The molecule has 1 saturated heterocycles. The molecule has 2 fully saturated rings. The van der Waals surface area contributed by atoms with Gasteiger partial charge < -0.3 is 10.6 Å². The first-order valence-corrected chi connectivity index (χ1v) is 8.16. The first kappa shape index (κ1) is 13.6. The van der Waals surface area contributed by atoms with Gasteiger partial charge in [0.1, 0.15) is 0 Å². The Hall–Kier alpha value is -1.36. The number of primary amides is 1. The number of nitrogens with two attached hydrogens (primary N) is 1. The summed E-state index contributed by atoms with van der Waals surface area (Å²) < 4.78 is 0. The molecule has 2 heterocycles. The summed E-state index contributed by atoms with van der Waals surface area (Å²) in [6, 6.07) is 1.85. The fourth-order valence-corrected chi connectivity index (χ4v) is 3.76. The van der Waals surface area contributed by atoms with Gasteiger partial charge in [-0.25, -0.2) is 0 Å². The quantitative estimate of drug-likeness (QED) is 0.925. The maximum absolute atomic E-state index is 12.3. The van der Waals surface area contributed by atoms with Crippen LogP contribution in [-0.4, -0.2) is 29.8 Å². The molecule has 1 aromatic heterocycles. The van der Waals surface area contributed by atoms with Gasteiger partial charge in [-0.2, -0.15) is 11.3 Å². The van der Waals surface area contributed by atoms with E-state index in [1.54, 1.807) is 0 Å². The van der Waals surface area contributed by atoms with E-state index in [2.05, 4.69) is 0 Å². The van der Waals surface area contributed by atoms with Gasteiger partial charge in [-0.3, -0.25) is 9.59 Å². The van der Waals surface area contributed by atoms with Gasteiger partial charge in [0.25, 0.3) is 5.91 Å². The van der Waals surface area contributed by atoms with Crippen molar-refractivity contribution < 1.29 is 9.59 Å². The summed E-state index contributed by atoms with van der Waals surface area (Å²) in [6.07, 6.45) is 4.81. The predicted octanol–water partition coefficient (Wildman–Crippen LogP) is 2.26. The highest BCUT2D eigenvalue weighted by Gasteiger charge is 2.44. The molecule has 1 aliphatic carbocycles. The Morgan fingerprint density at radius 1 is 1.35 bits per heavy atom. The zero-order valence-corrected chi connectivity index (χ0v) is 12.3. The molecule has 2 amide bonds. The number of piperidine rings is 1. The van der Waals surface area contributed by atoms with Gasteiger partial charge in [0.15, 0.2) is 0 Å². The van der Waals surface area contributed by atoms with Crippen LogP contribution in [0.3, 0.4) is 0 Å². The standard InChI is InChI=1S/C15H20N2O2S/c16-14(19)15(9-11-1-2-11)4-6-17(7-5-15)13(18)12-3-8-20-10-12/h3,8,10-11H,1-2,4-7,9H2,(H2,16,19). The van der Waals surface area contributed by atoms with Crippen LogP contribution in [0.15, 0.2) is 16.8 Å². The highest BCUT2D eigenvalue weighted by Crippen LogP contribution is 2.45. The molecule has 3 rings (SSSR count). The smallest absolute Gasteiger partial charge is 0.254 e. The highest BCUT2D eigenvalue weighted by molar-refractivity contribution is 7.08. The molecule has 2 aliphatic rings. The topological polar surface area (TPSA) is 63.4 Å². The van der Waals surface area contributed by atoms with Crippen LogP contribution in [0.25, 0.3) is 0 Å². The van der Waals surface area contributed by atoms with Crippen molar-refractivity contribution in [3.8, 4) is 0 Å². The summed E-state index contributed by atoms with van der Waals surface area (Å²) in [7, 11) is 0. The number of hydrogen-bond donors (Lipinski definition) is 1. The monoisotopic (exact) mass is 292 g/mol. The number of hydrogen-bond acceptors (Lipinski definition) is 3. The van der Waals surface area contributed by atoms with Gasteiger partial charge in [-0.05, 0) is 36.6 Å². The van der Waals surface area contributed by atoms with Crippen LogP contribution >= 0.6 is 11.3 Å². The lowest BCUT2D eigenvalue weighted by molar-refractivity contribution is -0.131. The van der Waals surface area contributed by atoms with Crippen LogP contribution in [0.5, 0.6) is 0 Å². The second-order valence-electron chi connectivity index (χ2n) is 6.10. The van der Waals surface area contributed by atoms with Crippen molar-refractivity contribution in [2.75, 3.05) is 13.1 Å². The van der Waals surface area contributed by atoms with Gasteiger partial charge in [0.05, 0.1) is 11.0 Å². The van der Waals surface area contributed by atoms with Crippen molar-refractivity contribution in [1.29, 1.82) is 0 Å². The lowest BCUT2D eigenvalue weighted by Crippen LogP contribution is -2.49. The van der Waals surface area contributed by atoms with E-state index < -0.39 is 0 Å². The number of carbonyl (C=O) groups excluding carboxylic acids is 2. The maximum atomic E-state index is 12.3. The number of likely N-dealkylation sites (tertiary alicyclic amines) is 1. The van der Waals surface area contributed by atoms with Crippen LogP contribution in [0.4, 0.5) is 0 Å². The molecule has 5 heteroatoms. The highest BCUT2D eigenvalue weighted by atomic mass is 32.1. The van der Waals surface area contributed by atoms with Gasteiger partial charge >= 0.3 is 0 Å². The van der Waals surface area contributed by atoms with Crippen molar-refractivity contribution in [3.63, 3.8) is 0 Å². The maximum Gasteiger partial charge on any atom is 0.254 e. The van der Waals surface area contributed by atoms with Crippen molar-refractivity contribution in [3.05, 3.63) is 22.4 Å². The van der Waals surface area contributed by atoms with Gasteiger partial charge in [-0.1, -0.05) is 12.8 Å². The average Bonchev–Trinajstić information content (AvgIpc) is 3.08. The van der Waals surface area contributed by atoms with Crippen molar-refractivity contribution in [1.82, 2.24) is 4.90 Å². The summed E-state index contributed by atoms with van der Waals surface area (Å²) in [5.74, 6) is 0.587. The molecule has 0 bridgehead atoms. The normalized spacial score (nSPS) is 21.7. The van der Waals surface area contributed by atoms with Crippen molar-refractivity contribution in [2.45, 2.75) is 32.1 Å². The van der Waals surface area contributed by atoms with E-state index >= 15 is 0 Å². The lowest BCUT2D eigenvalue weighted by atomic mass is 9.73. The zero-order valence-electron chi connectivity index (χ0n) is 11.5. The fourth-order valence-electron chi connectivity index (χ4n) is 3.13. The average molecular weight is 292 g/mol. The van der Waals surface area contributed by atoms with Gasteiger partial charge in [0, 0.05) is 18.5 Å². The second kappa shape index (κ2) is 5.20. The Morgan fingerprint density at radius 2 is 2.05 bits per heavy atom. The molecular formula is C15H20N2O2S. The van der Waals surface area contributed by atoms with Crippen LogP contribution in [-0.2, 0) is 4.79 Å². The minimum Gasteiger partial charge on any atom is -0.369 e. The van der Waals surface area contributed by atoms with E-state index in [-0.39, 0.29) is 17.2 Å².